The fraction of sp³-hybridized carbons (Fsp3) is 0. The Balaban J connectivity index is 3.03. The summed E-state index contributed by atoms with van der Waals surface area (Å²) >= 11 is 0. The Morgan fingerprint density at radius 1 is 1.12 bits per heavy atom. The molecule has 0 bridgehead atoms. The maximum Gasteiger partial charge on any atom is 0.128 e. The molecule has 0 atom stereocenters. The Hall–Kier alpha value is -0.890. The SMILES string of the molecule is [NH3+]c1ccc(F)cc1. The predicted octanol–water partition coefficient (Wildman–Crippen LogP) is 0.699. The first-order chi connectivity index (χ1) is 3.79. The van der Waals surface area contributed by atoms with Gasteiger partial charge >= 0.3 is 0 Å². The molecule has 0 saturated heterocycles. The minimum absolute atomic E-state index is 0.211. The van der Waals surface area contributed by atoms with Crippen molar-refractivity contribution in [1.29, 1.82) is 0 Å². The molecule has 1 nitrogen and oxygen atoms in total. The van der Waals surface area contributed by atoms with Crippen molar-refractivity contribution in [1.82, 2.24) is 0 Å². The number of benzene rings is 1. The topological polar surface area (TPSA) is 27.6 Å². The number of quaternary nitrogens is 1. The second-order valence-corrected chi connectivity index (χ2v) is 1.63. The number of halogens is 1. The van der Waals surface area contributed by atoms with Crippen LogP contribution in [0.1, 0.15) is 0 Å². The van der Waals surface area contributed by atoms with Gasteiger partial charge in [-0.25, -0.2) is 4.39 Å². The van der Waals surface area contributed by atoms with Gasteiger partial charge in [0.05, 0.1) is 0 Å². The van der Waals surface area contributed by atoms with Crippen LogP contribution < -0.4 is 5.73 Å². The lowest BCUT2D eigenvalue weighted by molar-refractivity contribution is -0.254. The van der Waals surface area contributed by atoms with Crippen LogP contribution in [0.3, 0.4) is 0 Å². The van der Waals surface area contributed by atoms with E-state index in [4.69, 9.17) is 0 Å². The van der Waals surface area contributed by atoms with Gasteiger partial charge in [0.1, 0.15) is 11.5 Å². The summed E-state index contributed by atoms with van der Waals surface area (Å²) in [7, 11) is 0. The largest absolute Gasteiger partial charge is 0.325 e. The van der Waals surface area contributed by atoms with Gasteiger partial charge in [0.25, 0.3) is 0 Å². The molecule has 0 spiro atoms. The molecule has 8 heavy (non-hydrogen) atoms. The van der Waals surface area contributed by atoms with E-state index >= 15 is 0 Å². The third-order valence-corrected chi connectivity index (χ3v) is 0.913. The van der Waals surface area contributed by atoms with Gasteiger partial charge in [0.15, 0.2) is 0 Å². The number of hydrogen-bond donors (Lipinski definition) is 1. The van der Waals surface area contributed by atoms with Gasteiger partial charge in [-0.2, -0.15) is 0 Å². The number of rotatable bonds is 0. The Bertz CT molecular complexity index is 147. The average molecular weight is 112 g/mol. The quantitative estimate of drug-likeness (QED) is 0.511. The Morgan fingerprint density at radius 2 is 1.62 bits per heavy atom. The first kappa shape index (κ1) is 5.25. The lowest BCUT2D eigenvalue weighted by Gasteiger charge is -1.83. The molecule has 0 saturated carbocycles. The summed E-state index contributed by atoms with van der Waals surface area (Å²) in [5.41, 5.74) is 4.43. The predicted molar refractivity (Wildman–Crippen MR) is 28.9 cm³/mol. The molecule has 0 amide bonds. The highest BCUT2D eigenvalue weighted by molar-refractivity contribution is 5.26. The van der Waals surface area contributed by atoms with Crippen molar-refractivity contribution in [2.24, 2.45) is 0 Å². The molecular weight excluding hydrogens is 105 g/mol. The highest BCUT2D eigenvalue weighted by Gasteiger charge is 1.87. The van der Waals surface area contributed by atoms with E-state index in [9.17, 15) is 4.39 Å². The number of hydrogen-bond acceptors (Lipinski definition) is 0. The summed E-state index contributed by atoms with van der Waals surface area (Å²) in [6.07, 6.45) is 0. The Kier molecular flexibility index (Phi) is 1.26. The molecule has 0 heterocycles. The second-order valence-electron chi connectivity index (χ2n) is 1.63. The van der Waals surface area contributed by atoms with E-state index in [1.807, 2.05) is 0 Å². The van der Waals surface area contributed by atoms with Crippen LogP contribution in [0.5, 0.6) is 0 Å². The molecule has 0 radical (unpaired) electrons. The molecule has 1 aromatic rings. The van der Waals surface area contributed by atoms with E-state index in [0.717, 1.165) is 5.69 Å². The monoisotopic (exact) mass is 112 g/mol. The minimum atomic E-state index is -0.211. The van der Waals surface area contributed by atoms with Gasteiger partial charge in [0.2, 0.25) is 0 Å². The maximum absolute atomic E-state index is 12.1. The van der Waals surface area contributed by atoms with E-state index in [-0.39, 0.29) is 5.82 Å². The summed E-state index contributed by atoms with van der Waals surface area (Å²) in [6, 6.07) is 6.05. The van der Waals surface area contributed by atoms with Gasteiger partial charge in [-0.1, -0.05) is 0 Å². The van der Waals surface area contributed by atoms with Gasteiger partial charge in [0, 0.05) is 12.1 Å². The van der Waals surface area contributed by atoms with Crippen LogP contribution in [0.25, 0.3) is 0 Å². The van der Waals surface area contributed by atoms with E-state index in [1.54, 1.807) is 12.1 Å². The first-order valence-corrected chi connectivity index (χ1v) is 2.36. The molecule has 42 valence electrons. The Labute approximate surface area is 46.9 Å². The van der Waals surface area contributed by atoms with Crippen molar-refractivity contribution >= 4 is 5.69 Å². The summed E-state index contributed by atoms with van der Waals surface area (Å²) in [4.78, 5) is 0. The van der Waals surface area contributed by atoms with Crippen LogP contribution in [0, 0.1) is 5.82 Å². The molecule has 0 aliphatic rings. The van der Waals surface area contributed by atoms with E-state index in [1.165, 1.54) is 12.1 Å². The van der Waals surface area contributed by atoms with Crippen LogP contribution in [-0.2, 0) is 0 Å². The third kappa shape index (κ3) is 1.04. The molecule has 0 fully saturated rings. The zero-order chi connectivity index (χ0) is 5.98. The zero-order valence-corrected chi connectivity index (χ0v) is 4.39. The lowest BCUT2D eigenvalue weighted by atomic mass is 10.3. The van der Waals surface area contributed by atoms with Crippen molar-refractivity contribution in [2.45, 2.75) is 0 Å². The zero-order valence-electron chi connectivity index (χ0n) is 4.39. The molecule has 0 aromatic heterocycles. The van der Waals surface area contributed by atoms with Crippen molar-refractivity contribution in [2.75, 3.05) is 0 Å². The van der Waals surface area contributed by atoms with Crippen LogP contribution in [0.15, 0.2) is 24.3 Å². The van der Waals surface area contributed by atoms with E-state index in [0.29, 0.717) is 0 Å². The van der Waals surface area contributed by atoms with Crippen LogP contribution in [0.2, 0.25) is 0 Å². The first-order valence-electron chi connectivity index (χ1n) is 2.36. The highest BCUT2D eigenvalue weighted by atomic mass is 19.1. The normalized spacial score (nSPS) is 9.25. The lowest BCUT2D eigenvalue weighted by Crippen LogP contribution is -2.39. The summed E-state index contributed by atoms with van der Waals surface area (Å²) in [5, 5.41) is 0. The van der Waals surface area contributed by atoms with Crippen LogP contribution in [-0.4, -0.2) is 0 Å². The molecule has 2 heteroatoms. The van der Waals surface area contributed by atoms with Crippen molar-refractivity contribution in [3.8, 4) is 0 Å². The van der Waals surface area contributed by atoms with Gasteiger partial charge in [-0.15, -0.1) is 0 Å². The molecule has 0 unspecified atom stereocenters. The van der Waals surface area contributed by atoms with Gasteiger partial charge < -0.3 is 5.73 Å². The smallest absolute Gasteiger partial charge is 0.128 e. The highest BCUT2D eigenvalue weighted by Crippen LogP contribution is 1.99. The molecule has 0 aliphatic heterocycles. The standard InChI is InChI=1S/C6H6FN/c7-5-1-3-6(8)4-2-5/h1-4H,8H2/p+1. The van der Waals surface area contributed by atoms with Crippen LogP contribution in [0.4, 0.5) is 10.1 Å². The van der Waals surface area contributed by atoms with Crippen LogP contribution >= 0.6 is 0 Å². The average Bonchev–Trinajstić information content (AvgIpc) is 1.77. The maximum atomic E-state index is 12.1. The van der Waals surface area contributed by atoms with E-state index in [2.05, 4.69) is 5.73 Å². The van der Waals surface area contributed by atoms with Crippen molar-refractivity contribution in [3.05, 3.63) is 30.1 Å². The van der Waals surface area contributed by atoms with Crippen molar-refractivity contribution in [3.63, 3.8) is 0 Å². The van der Waals surface area contributed by atoms with Gasteiger partial charge in [-0.05, 0) is 12.1 Å². The van der Waals surface area contributed by atoms with Crippen molar-refractivity contribution < 1.29 is 10.1 Å². The fourth-order valence-electron chi connectivity index (χ4n) is 0.484. The third-order valence-electron chi connectivity index (χ3n) is 0.913. The molecule has 1 rings (SSSR count). The molecule has 0 aliphatic carbocycles. The van der Waals surface area contributed by atoms with Gasteiger partial charge in [-0.3, -0.25) is 0 Å². The Morgan fingerprint density at radius 3 is 2.00 bits per heavy atom. The minimum Gasteiger partial charge on any atom is -0.325 e. The second kappa shape index (κ2) is 1.92. The molecular formula is C6H7FN+. The summed E-state index contributed by atoms with van der Waals surface area (Å²) in [6.45, 7) is 0. The molecule has 3 N–H and O–H groups in total. The summed E-state index contributed by atoms with van der Waals surface area (Å²) < 4.78 is 12.1. The summed E-state index contributed by atoms with van der Waals surface area (Å²) in [5.74, 6) is -0.211. The fourth-order valence-corrected chi connectivity index (χ4v) is 0.484. The van der Waals surface area contributed by atoms with E-state index < -0.39 is 0 Å². The molecule has 1 aromatic carbocycles.